The summed E-state index contributed by atoms with van der Waals surface area (Å²) in [5, 5.41) is 0. The second-order valence-electron chi connectivity index (χ2n) is 7.12. The van der Waals surface area contributed by atoms with Crippen molar-refractivity contribution in [2.75, 3.05) is 0 Å². The summed E-state index contributed by atoms with van der Waals surface area (Å²) < 4.78 is 54.7. The Balaban J connectivity index is 1.91. The van der Waals surface area contributed by atoms with E-state index in [0.29, 0.717) is 5.56 Å². The van der Waals surface area contributed by atoms with Crippen molar-refractivity contribution in [2.45, 2.75) is 20.8 Å². The summed E-state index contributed by atoms with van der Waals surface area (Å²) in [5.74, 6) is -4.91. The van der Waals surface area contributed by atoms with Crippen molar-refractivity contribution in [3.05, 3.63) is 101 Å². The standard InChI is InChI=1S/C25H20F4/c1-15(2)4-5-16(3)17-6-8-18(9-7-17)19-10-11-21(22(26)12-19)20-13-23(27)25(29)24(28)14-20/h4-14H,1-3H3. The monoisotopic (exact) mass is 396 g/mol. The fourth-order valence-corrected chi connectivity index (χ4v) is 2.95. The van der Waals surface area contributed by atoms with Gasteiger partial charge in [0.25, 0.3) is 0 Å². The van der Waals surface area contributed by atoms with Gasteiger partial charge in [-0.3, -0.25) is 0 Å². The van der Waals surface area contributed by atoms with Crippen molar-refractivity contribution >= 4 is 5.57 Å². The third-order valence-electron chi connectivity index (χ3n) is 4.60. The molecule has 3 aromatic carbocycles. The molecule has 148 valence electrons. The first kappa shape index (κ1) is 20.6. The molecule has 0 aliphatic heterocycles. The van der Waals surface area contributed by atoms with Crippen LogP contribution in [0.15, 0.2) is 72.3 Å². The molecule has 0 nitrogen and oxygen atoms in total. The van der Waals surface area contributed by atoms with E-state index in [9.17, 15) is 17.6 Å². The Morgan fingerprint density at radius 2 is 1.17 bits per heavy atom. The van der Waals surface area contributed by atoms with Gasteiger partial charge in [0.05, 0.1) is 0 Å². The average molecular weight is 396 g/mol. The first-order chi connectivity index (χ1) is 13.8. The summed E-state index contributed by atoms with van der Waals surface area (Å²) in [6.07, 6.45) is 4.08. The summed E-state index contributed by atoms with van der Waals surface area (Å²) in [4.78, 5) is 0. The Hall–Kier alpha value is -3.14. The maximum Gasteiger partial charge on any atom is 0.194 e. The van der Waals surface area contributed by atoms with Crippen LogP contribution in [0.4, 0.5) is 17.6 Å². The quantitative estimate of drug-likeness (QED) is 0.238. The molecule has 0 heterocycles. The first-order valence-corrected chi connectivity index (χ1v) is 9.13. The fraction of sp³-hybridized carbons (Fsp3) is 0.120. The molecule has 3 rings (SSSR count). The molecule has 0 unspecified atom stereocenters. The molecule has 0 fully saturated rings. The van der Waals surface area contributed by atoms with Gasteiger partial charge in [0, 0.05) is 5.56 Å². The van der Waals surface area contributed by atoms with Crippen LogP contribution in [0.5, 0.6) is 0 Å². The number of allylic oxidation sites excluding steroid dienone is 4. The van der Waals surface area contributed by atoms with Gasteiger partial charge in [-0.2, -0.15) is 0 Å². The van der Waals surface area contributed by atoms with E-state index in [4.69, 9.17) is 0 Å². The number of rotatable bonds is 4. The molecule has 0 amide bonds. The van der Waals surface area contributed by atoms with E-state index in [1.807, 2.05) is 57.2 Å². The predicted molar refractivity (Wildman–Crippen MR) is 110 cm³/mol. The van der Waals surface area contributed by atoms with Gasteiger partial charge in [-0.25, -0.2) is 17.6 Å². The highest BCUT2D eigenvalue weighted by molar-refractivity contribution is 5.73. The Morgan fingerprint density at radius 1 is 0.621 bits per heavy atom. The van der Waals surface area contributed by atoms with Crippen LogP contribution in [0.1, 0.15) is 26.3 Å². The molecule has 0 saturated heterocycles. The van der Waals surface area contributed by atoms with E-state index in [-0.39, 0.29) is 11.1 Å². The largest absolute Gasteiger partial charge is 0.206 e. The van der Waals surface area contributed by atoms with Gasteiger partial charge >= 0.3 is 0 Å². The molecular formula is C25H20F4. The molecule has 0 aromatic heterocycles. The minimum atomic E-state index is -1.57. The third kappa shape index (κ3) is 4.65. The molecule has 0 saturated carbocycles. The minimum Gasteiger partial charge on any atom is -0.206 e. The van der Waals surface area contributed by atoms with Crippen LogP contribution in [-0.4, -0.2) is 0 Å². The Kier molecular flexibility index (Phi) is 6.02. The molecule has 3 aromatic rings. The molecule has 0 aliphatic carbocycles. The van der Waals surface area contributed by atoms with Crippen molar-refractivity contribution in [2.24, 2.45) is 0 Å². The lowest BCUT2D eigenvalue weighted by atomic mass is 9.97. The summed E-state index contributed by atoms with van der Waals surface area (Å²) in [7, 11) is 0. The van der Waals surface area contributed by atoms with E-state index >= 15 is 0 Å². The summed E-state index contributed by atoms with van der Waals surface area (Å²) >= 11 is 0. The zero-order chi connectivity index (χ0) is 21.1. The smallest absolute Gasteiger partial charge is 0.194 e. The molecule has 0 aliphatic rings. The molecule has 29 heavy (non-hydrogen) atoms. The highest BCUT2D eigenvalue weighted by Crippen LogP contribution is 2.30. The van der Waals surface area contributed by atoms with Gasteiger partial charge in [0.15, 0.2) is 17.5 Å². The normalized spacial score (nSPS) is 11.5. The number of halogens is 4. The van der Waals surface area contributed by atoms with Crippen molar-refractivity contribution in [1.29, 1.82) is 0 Å². The van der Waals surface area contributed by atoms with Crippen LogP contribution >= 0.6 is 0 Å². The second-order valence-corrected chi connectivity index (χ2v) is 7.12. The van der Waals surface area contributed by atoms with E-state index in [1.54, 1.807) is 6.07 Å². The Bertz CT molecular complexity index is 1080. The number of hydrogen-bond donors (Lipinski definition) is 0. The van der Waals surface area contributed by atoms with Crippen molar-refractivity contribution in [3.63, 3.8) is 0 Å². The minimum absolute atomic E-state index is 0.00340. The first-order valence-electron chi connectivity index (χ1n) is 9.13. The summed E-state index contributed by atoms with van der Waals surface area (Å²) in [6.45, 7) is 6.07. The fourth-order valence-electron chi connectivity index (χ4n) is 2.95. The maximum atomic E-state index is 14.6. The van der Waals surface area contributed by atoms with Crippen molar-refractivity contribution in [3.8, 4) is 22.3 Å². The second kappa shape index (κ2) is 8.48. The SMILES string of the molecule is CC(C)=CC=C(C)c1ccc(-c2ccc(-c3cc(F)c(F)c(F)c3)c(F)c2)cc1. The van der Waals surface area contributed by atoms with Crippen molar-refractivity contribution in [1.82, 2.24) is 0 Å². The molecular weight excluding hydrogens is 376 g/mol. The van der Waals surface area contributed by atoms with Crippen LogP contribution in [0.2, 0.25) is 0 Å². The zero-order valence-electron chi connectivity index (χ0n) is 16.4. The van der Waals surface area contributed by atoms with Crippen LogP contribution in [0.25, 0.3) is 27.8 Å². The van der Waals surface area contributed by atoms with Crippen LogP contribution in [-0.2, 0) is 0 Å². The van der Waals surface area contributed by atoms with Gasteiger partial charge in [0.1, 0.15) is 5.82 Å². The van der Waals surface area contributed by atoms with E-state index in [1.165, 1.54) is 17.7 Å². The Labute approximate surface area is 167 Å². The molecule has 0 radical (unpaired) electrons. The van der Waals surface area contributed by atoms with E-state index < -0.39 is 23.3 Å². The zero-order valence-corrected chi connectivity index (χ0v) is 16.4. The highest BCUT2D eigenvalue weighted by atomic mass is 19.2. The molecule has 4 heteroatoms. The van der Waals surface area contributed by atoms with Gasteiger partial charge < -0.3 is 0 Å². The van der Waals surface area contributed by atoms with Crippen LogP contribution < -0.4 is 0 Å². The lowest BCUT2D eigenvalue weighted by Crippen LogP contribution is -1.94. The Morgan fingerprint density at radius 3 is 1.72 bits per heavy atom. The average Bonchev–Trinajstić information content (AvgIpc) is 2.70. The van der Waals surface area contributed by atoms with E-state index in [0.717, 1.165) is 28.8 Å². The van der Waals surface area contributed by atoms with Gasteiger partial charge in [-0.1, -0.05) is 54.1 Å². The number of benzene rings is 3. The van der Waals surface area contributed by atoms with E-state index in [2.05, 4.69) is 0 Å². The van der Waals surface area contributed by atoms with Gasteiger partial charge in [0.2, 0.25) is 0 Å². The molecule has 0 atom stereocenters. The number of hydrogen-bond acceptors (Lipinski definition) is 0. The van der Waals surface area contributed by atoms with Gasteiger partial charge in [-0.05, 0) is 66.8 Å². The third-order valence-corrected chi connectivity index (χ3v) is 4.60. The van der Waals surface area contributed by atoms with Gasteiger partial charge in [-0.15, -0.1) is 0 Å². The topological polar surface area (TPSA) is 0 Å². The summed E-state index contributed by atoms with van der Waals surface area (Å²) in [5.41, 5.74) is 4.76. The predicted octanol–water partition coefficient (Wildman–Crippen LogP) is 7.95. The molecule has 0 bridgehead atoms. The highest BCUT2D eigenvalue weighted by Gasteiger charge is 2.14. The van der Waals surface area contributed by atoms with Crippen molar-refractivity contribution < 1.29 is 17.6 Å². The summed E-state index contributed by atoms with van der Waals surface area (Å²) in [6, 6.07) is 13.7. The lowest BCUT2D eigenvalue weighted by molar-refractivity contribution is 0.447. The van der Waals surface area contributed by atoms with Crippen LogP contribution in [0, 0.1) is 23.3 Å². The van der Waals surface area contributed by atoms with Crippen LogP contribution in [0.3, 0.4) is 0 Å². The molecule has 0 N–H and O–H groups in total. The lowest BCUT2D eigenvalue weighted by Gasteiger charge is -2.09. The maximum absolute atomic E-state index is 14.6. The molecule has 0 spiro atoms.